The summed E-state index contributed by atoms with van der Waals surface area (Å²) < 4.78 is 37.2. The third-order valence-electron chi connectivity index (χ3n) is 12.2. The van der Waals surface area contributed by atoms with Crippen LogP contribution in [0.15, 0.2) is 30.3 Å². The van der Waals surface area contributed by atoms with Gasteiger partial charge in [0.25, 0.3) is 10.1 Å². The standard InChI is InChI=1S/C33H51NO6S2/c1-21(17-29(36)34-15-16-42(37,38)39)31(41)27-10-9-25-30-26(12-14-33(25,27)3)32(2)13-11-24(18-23(32)19-28(30)35)40-20-22-7-5-4-6-8-22/h4-8,21,23-28,30-31,35,41H,9-20H2,1-3H3,(H,34,36)(H,37,38,39)/t21?,23?,24-,25+,26+,27?,28?,30?,31-,32?,33?/m1/s1. The summed E-state index contributed by atoms with van der Waals surface area (Å²) in [5, 5.41) is 14.4. The molecule has 4 aliphatic carbocycles. The van der Waals surface area contributed by atoms with Crippen molar-refractivity contribution in [3.05, 3.63) is 35.9 Å². The number of hydrogen-bond donors (Lipinski definition) is 4. The lowest BCUT2D eigenvalue weighted by Crippen LogP contribution is -2.59. The normalized spacial score (nSPS) is 39.4. The number of nitrogens with one attached hydrogen (secondary N) is 1. The summed E-state index contributed by atoms with van der Waals surface area (Å²) in [7, 11) is -4.10. The highest BCUT2D eigenvalue weighted by Crippen LogP contribution is 2.68. The van der Waals surface area contributed by atoms with E-state index in [1.54, 1.807) is 0 Å². The molecule has 4 saturated carbocycles. The fourth-order valence-electron chi connectivity index (χ4n) is 9.93. The zero-order chi connectivity index (χ0) is 30.3. The first kappa shape index (κ1) is 32.3. The number of carbonyl (C=O) groups is 1. The monoisotopic (exact) mass is 621 g/mol. The maximum absolute atomic E-state index is 12.5. The summed E-state index contributed by atoms with van der Waals surface area (Å²) in [5.74, 6) is 1.51. The molecular formula is C33H51NO6S2. The predicted octanol–water partition coefficient (Wildman–Crippen LogP) is 5.53. The molecule has 4 aliphatic rings. The highest BCUT2D eigenvalue weighted by molar-refractivity contribution is 7.85. The maximum atomic E-state index is 12.5. The van der Waals surface area contributed by atoms with Gasteiger partial charge in [-0.3, -0.25) is 9.35 Å². The number of aliphatic hydroxyl groups is 1. The highest BCUT2D eigenvalue weighted by Gasteiger charge is 2.63. The van der Waals surface area contributed by atoms with Gasteiger partial charge in [-0.05, 0) is 103 Å². The van der Waals surface area contributed by atoms with Crippen molar-refractivity contribution in [2.45, 2.75) is 103 Å². The van der Waals surface area contributed by atoms with Crippen LogP contribution in [0.1, 0.15) is 84.1 Å². The molecule has 5 rings (SSSR count). The third-order valence-corrected chi connectivity index (χ3v) is 13.8. The van der Waals surface area contributed by atoms with Crippen LogP contribution in [0.3, 0.4) is 0 Å². The maximum Gasteiger partial charge on any atom is 0.266 e. The smallest absolute Gasteiger partial charge is 0.266 e. The van der Waals surface area contributed by atoms with Crippen molar-refractivity contribution in [2.75, 3.05) is 12.3 Å². The first-order valence-electron chi connectivity index (χ1n) is 16.1. The van der Waals surface area contributed by atoms with E-state index >= 15 is 0 Å². The van der Waals surface area contributed by atoms with Crippen molar-refractivity contribution in [3.63, 3.8) is 0 Å². The molecule has 4 fully saturated rings. The molecule has 0 heterocycles. The Kier molecular flexibility index (Phi) is 9.76. The average molecular weight is 622 g/mol. The van der Waals surface area contributed by atoms with Crippen LogP contribution >= 0.6 is 12.6 Å². The summed E-state index contributed by atoms with van der Waals surface area (Å²) in [4.78, 5) is 12.5. The first-order valence-corrected chi connectivity index (χ1v) is 18.2. The molecule has 0 aliphatic heterocycles. The van der Waals surface area contributed by atoms with Crippen molar-refractivity contribution < 1.29 is 27.6 Å². The molecule has 0 bridgehead atoms. The Bertz CT molecular complexity index is 1200. The number of fused-ring (bicyclic) bond motifs is 5. The van der Waals surface area contributed by atoms with Gasteiger partial charge in [-0.1, -0.05) is 51.1 Å². The lowest BCUT2D eigenvalue weighted by molar-refractivity contribution is -0.177. The number of amides is 1. The van der Waals surface area contributed by atoms with Gasteiger partial charge in [0, 0.05) is 18.2 Å². The summed E-state index contributed by atoms with van der Waals surface area (Å²) in [5.41, 5.74) is 1.54. The molecule has 11 atom stereocenters. The second-order valence-electron chi connectivity index (χ2n) is 14.5. The molecule has 3 N–H and O–H groups in total. The van der Waals surface area contributed by atoms with E-state index in [1.165, 1.54) is 5.56 Å². The number of benzene rings is 1. The molecule has 42 heavy (non-hydrogen) atoms. The summed E-state index contributed by atoms with van der Waals surface area (Å²) in [6, 6.07) is 10.4. The highest BCUT2D eigenvalue weighted by atomic mass is 32.2. The van der Waals surface area contributed by atoms with E-state index in [2.05, 4.69) is 50.4 Å². The Morgan fingerprint density at radius 2 is 1.76 bits per heavy atom. The second kappa shape index (κ2) is 12.7. The van der Waals surface area contributed by atoms with Gasteiger partial charge in [-0.15, -0.1) is 0 Å². The van der Waals surface area contributed by atoms with E-state index in [0.29, 0.717) is 36.2 Å². The topological polar surface area (TPSA) is 113 Å². The van der Waals surface area contributed by atoms with E-state index in [-0.39, 0.29) is 53.1 Å². The number of hydrogen-bond acceptors (Lipinski definition) is 6. The lowest BCUT2D eigenvalue weighted by Gasteiger charge is -2.62. The number of thiol groups is 1. The Morgan fingerprint density at radius 3 is 2.48 bits per heavy atom. The van der Waals surface area contributed by atoms with Gasteiger partial charge in [-0.2, -0.15) is 21.0 Å². The number of aliphatic hydroxyl groups excluding tert-OH is 1. The molecular weight excluding hydrogens is 570 g/mol. The van der Waals surface area contributed by atoms with Gasteiger partial charge >= 0.3 is 0 Å². The van der Waals surface area contributed by atoms with E-state index in [1.807, 2.05) is 6.07 Å². The largest absolute Gasteiger partial charge is 0.393 e. The van der Waals surface area contributed by atoms with E-state index in [4.69, 9.17) is 21.9 Å². The molecule has 7 unspecified atom stereocenters. The van der Waals surface area contributed by atoms with Crippen LogP contribution < -0.4 is 5.32 Å². The van der Waals surface area contributed by atoms with Gasteiger partial charge in [0.05, 0.1) is 24.6 Å². The van der Waals surface area contributed by atoms with E-state index < -0.39 is 15.9 Å². The van der Waals surface area contributed by atoms with Crippen molar-refractivity contribution >= 4 is 28.7 Å². The molecule has 0 radical (unpaired) electrons. The van der Waals surface area contributed by atoms with Crippen LogP contribution in [-0.2, 0) is 26.3 Å². The molecule has 0 saturated heterocycles. The molecule has 1 aromatic rings. The van der Waals surface area contributed by atoms with Gasteiger partial charge in [0.2, 0.25) is 5.91 Å². The summed E-state index contributed by atoms with van der Waals surface area (Å²) in [6.45, 7) is 7.55. The zero-order valence-electron chi connectivity index (χ0n) is 25.5. The fourth-order valence-corrected chi connectivity index (χ4v) is 10.9. The lowest BCUT2D eigenvalue weighted by atomic mass is 9.44. The van der Waals surface area contributed by atoms with Crippen LogP contribution in [0.5, 0.6) is 0 Å². The van der Waals surface area contributed by atoms with Crippen molar-refractivity contribution in [1.82, 2.24) is 5.32 Å². The average Bonchev–Trinajstić information content (AvgIpc) is 3.28. The minimum Gasteiger partial charge on any atom is -0.393 e. The van der Waals surface area contributed by atoms with Crippen LogP contribution in [0.4, 0.5) is 0 Å². The molecule has 0 spiro atoms. The Morgan fingerprint density at radius 1 is 1.07 bits per heavy atom. The fraction of sp³-hybridized carbons (Fsp3) is 0.788. The van der Waals surface area contributed by atoms with Crippen LogP contribution in [0, 0.1) is 46.3 Å². The van der Waals surface area contributed by atoms with Gasteiger partial charge in [0.1, 0.15) is 0 Å². The molecule has 1 amide bonds. The number of rotatable bonds is 10. The molecule has 9 heteroatoms. The predicted molar refractivity (Wildman–Crippen MR) is 168 cm³/mol. The molecule has 1 aromatic carbocycles. The van der Waals surface area contributed by atoms with E-state index in [0.717, 1.165) is 51.4 Å². The van der Waals surface area contributed by atoms with Crippen LogP contribution in [0.25, 0.3) is 0 Å². The Hall–Kier alpha value is -1.13. The number of ether oxygens (including phenoxy) is 1. The van der Waals surface area contributed by atoms with E-state index in [9.17, 15) is 18.3 Å². The Balaban J connectivity index is 1.20. The number of carbonyl (C=O) groups excluding carboxylic acids is 1. The van der Waals surface area contributed by atoms with Crippen molar-refractivity contribution in [3.8, 4) is 0 Å². The first-order chi connectivity index (χ1) is 19.8. The quantitative estimate of drug-likeness (QED) is 0.202. The summed E-state index contributed by atoms with van der Waals surface area (Å²) >= 11 is 5.10. The van der Waals surface area contributed by atoms with Crippen molar-refractivity contribution in [1.29, 1.82) is 0 Å². The van der Waals surface area contributed by atoms with Gasteiger partial charge in [0.15, 0.2) is 0 Å². The Labute approximate surface area is 258 Å². The van der Waals surface area contributed by atoms with Crippen LogP contribution in [-0.4, -0.2) is 53.7 Å². The minimum absolute atomic E-state index is 0.0294. The molecule has 7 nitrogen and oxygen atoms in total. The van der Waals surface area contributed by atoms with Crippen LogP contribution in [0.2, 0.25) is 0 Å². The molecule has 236 valence electrons. The third kappa shape index (κ3) is 6.60. The van der Waals surface area contributed by atoms with Gasteiger partial charge in [-0.25, -0.2) is 0 Å². The second-order valence-corrected chi connectivity index (χ2v) is 16.7. The van der Waals surface area contributed by atoms with Crippen molar-refractivity contribution in [2.24, 2.45) is 46.3 Å². The van der Waals surface area contributed by atoms with Gasteiger partial charge < -0.3 is 15.2 Å². The minimum atomic E-state index is -4.10. The summed E-state index contributed by atoms with van der Waals surface area (Å²) in [6.07, 6.45) is 8.85. The molecule has 0 aromatic heterocycles. The zero-order valence-corrected chi connectivity index (χ0v) is 27.2. The SMILES string of the molecule is CC(CC(=O)NCCS(=O)(=O)O)[C@@H](S)C1CC[C@H]2C3C(O)CC4C[C@H](OCc5ccccc5)CCC4(C)[C@H]3CCC12C.